The molecule has 2 aliphatic heterocycles. The Morgan fingerprint density at radius 1 is 0.940 bits per heavy atom. The number of amides is 2. The van der Waals surface area contributed by atoms with Gasteiger partial charge in [-0.3, -0.25) is 4.79 Å². The first-order valence-electron chi connectivity index (χ1n) is 17.2. The van der Waals surface area contributed by atoms with Crippen molar-refractivity contribution in [3.8, 4) is 11.1 Å². The van der Waals surface area contributed by atoms with Crippen molar-refractivity contribution in [1.82, 2.24) is 20.1 Å². The molecule has 2 fully saturated rings. The molecule has 4 aromatic rings. The van der Waals surface area contributed by atoms with Gasteiger partial charge in [-0.25, -0.2) is 9.78 Å². The maximum atomic E-state index is 13.3. The topological polar surface area (TPSA) is 86.8 Å². The number of hydrogen-bond donors (Lipinski definition) is 2. The van der Waals surface area contributed by atoms with Crippen molar-refractivity contribution in [3.05, 3.63) is 95.7 Å². The van der Waals surface area contributed by atoms with E-state index >= 15 is 0 Å². The third-order valence-corrected chi connectivity index (χ3v) is 9.29. The number of aromatic nitrogens is 1. The minimum absolute atomic E-state index is 0.232. The van der Waals surface area contributed by atoms with Crippen LogP contribution in [0.3, 0.4) is 0 Å². The Morgan fingerprint density at radius 2 is 1.64 bits per heavy atom. The SMILES string of the molecule is C[C@H](NC(=O)c1ccc2c(-c3ccc(C(F)(F)F)cc3)cccc2c1)c1cccc(NC2CCN(CC3CN(C(=O)OC(C)(C)C)C3)CC2)n1. The molecule has 1 aromatic heterocycles. The molecule has 0 aliphatic carbocycles. The summed E-state index contributed by atoms with van der Waals surface area (Å²) < 4.78 is 44.6. The Kier molecular flexibility index (Phi) is 10.1. The van der Waals surface area contributed by atoms with Crippen LogP contribution in [-0.4, -0.2) is 71.2 Å². The Labute approximate surface area is 291 Å². The van der Waals surface area contributed by atoms with Crippen molar-refractivity contribution in [2.24, 2.45) is 5.92 Å². The number of fused-ring (bicyclic) bond motifs is 1. The van der Waals surface area contributed by atoms with Gasteiger partial charge in [-0.1, -0.05) is 42.5 Å². The zero-order chi connectivity index (χ0) is 35.6. The standard InChI is InChI=1S/C39H44F3N5O3/c1-25(43-36(48)29-13-16-33-28(21-29)7-5-8-32(33)27-11-14-30(15-12-27)39(40,41)42)34-9-6-10-35(45-34)44-31-17-19-46(20-18-31)22-26-23-47(24-26)37(49)50-38(2,3)4/h5-16,21,25-26,31H,17-20,22-24H2,1-4H3,(H,43,48)(H,44,45)/t25-/m0/s1. The first-order chi connectivity index (χ1) is 23.7. The van der Waals surface area contributed by atoms with E-state index in [0.717, 1.165) is 85.5 Å². The minimum Gasteiger partial charge on any atom is -0.444 e. The predicted molar refractivity (Wildman–Crippen MR) is 189 cm³/mol. The van der Waals surface area contributed by atoms with Crippen LogP contribution in [0.15, 0.2) is 78.9 Å². The average molecular weight is 688 g/mol. The molecule has 0 spiro atoms. The van der Waals surface area contributed by atoms with E-state index in [2.05, 4.69) is 15.5 Å². The minimum atomic E-state index is -4.39. The second-order valence-electron chi connectivity index (χ2n) is 14.4. The average Bonchev–Trinajstić information content (AvgIpc) is 3.05. The zero-order valence-electron chi connectivity index (χ0n) is 28.9. The number of nitrogens with zero attached hydrogens (tertiary/aromatic N) is 3. The Bertz CT molecular complexity index is 1830. The van der Waals surface area contributed by atoms with E-state index < -0.39 is 17.3 Å². The number of halogens is 3. The molecule has 1 atom stereocenters. The number of carbonyl (C=O) groups excluding carboxylic acids is 2. The van der Waals surface area contributed by atoms with E-state index in [-0.39, 0.29) is 18.0 Å². The van der Waals surface area contributed by atoms with Crippen molar-refractivity contribution < 1.29 is 27.5 Å². The molecule has 0 unspecified atom stereocenters. The molecule has 8 nitrogen and oxygen atoms in total. The number of likely N-dealkylation sites (tertiary alicyclic amines) is 2. The number of pyridine rings is 1. The van der Waals surface area contributed by atoms with Crippen molar-refractivity contribution in [2.45, 2.75) is 64.4 Å². The zero-order valence-corrected chi connectivity index (χ0v) is 28.9. The lowest BCUT2D eigenvalue weighted by Gasteiger charge is -2.43. The van der Waals surface area contributed by atoms with Crippen LogP contribution in [0.25, 0.3) is 21.9 Å². The Hall–Kier alpha value is -4.64. The number of benzene rings is 3. The molecule has 2 aliphatic rings. The summed E-state index contributed by atoms with van der Waals surface area (Å²) in [6, 6.07) is 21.8. The van der Waals surface area contributed by atoms with Gasteiger partial charge in [0.05, 0.1) is 17.3 Å². The van der Waals surface area contributed by atoms with Gasteiger partial charge in [0.15, 0.2) is 0 Å². The summed E-state index contributed by atoms with van der Waals surface area (Å²) in [5, 5.41) is 8.29. The number of carbonyl (C=O) groups is 2. The van der Waals surface area contributed by atoms with Crippen LogP contribution < -0.4 is 10.6 Å². The van der Waals surface area contributed by atoms with Gasteiger partial charge in [0, 0.05) is 50.2 Å². The number of alkyl halides is 3. The molecule has 3 aromatic carbocycles. The van der Waals surface area contributed by atoms with Gasteiger partial charge < -0.3 is 25.2 Å². The molecule has 50 heavy (non-hydrogen) atoms. The number of hydrogen-bond acceptors (Lipinski definition) is 6. The van der Waals surface area contributed by atoms with E-state index in [1.165, 1.54) is 12.1 Å². The molecular weight excluding hydrogens is 643 g/mol. The van der Waals surface area contributed by atoms with Crippen molar-refractivity contribution in [1.29, 1.82) is 0 Å². The number of anilines is 1. The Balaban J connectivity index is 1.00. The highest BCUT2D eigenvalue weighted by atomic mass is 19.4. The van der Waals surface area contributed by atoms with Crippen LogP contribution in [0.2, 0.25) is 0 Å². The highest BCUT2D eigenvalue weighted by Gasteiger charge is 2.35. The molecule has 264 valence electrons. The fourth-order valence-corrected chi connectivity index (χ4v) is 6.64. The van der Waals surface area contributed by atoms with Gasteiger partial charge in [0.25, 0.3) is 5.91 Å². The van der Waals surface area contributed by atoms with Crippen LogP contribution in [-0.2, 0) is 10.9 Å². The fraction of sp³-hybridized carbons (Fsp3) is 0.410. The normalized spacial score (nSPS) is 16.9. The summed E-state index contributed by atoms with van der Waals surface area (Å²) in [4.78, 5) is 34.6. The lowest BCUT2D eigenvalue weighted by atomic mass is 9.96. The molecule has 0 radical (unpaired) electrons. The lowest BCUT2D eigenvalue weighted by Crippen LogP contribution is -2.55. The summed E-state index contributed by atoms with van der Waals surface area (Å²) in [5.74, 6) is 1.00. The summed E-state index contributed by atoms with van der Waals surface area (Å²) in [5.41, 5.74) is 1.51. The van der Waals surface area contributed by atoms with Gasteiger partial charge in [0.1, 0.15) is 11.4 Å². The number of ether oxygens (including phenoxy) is 1. The molecule has 0 saturated carbocycles. The maximum absolute atomic E-state index is 13.3. The third-order valence-electron chi connectivity index (χ3n) is 9.29. The van der Waals surface area contributed by atoms with Crippen LogP contribution in [0.5, 0.6) is 0 Å². The number of rotatable bonds is 8. The van der Waals surface area contributed by atoms with Crippen LogP contribution in [0.1, 0.15) is 68.2 Å². The van der Waals surface area contributed by atoms with Gasteiger partial charge in [-0.15, -0.1) is 0 Å². The number of piperidine rings is 1. The Morgan fingerprint density at radius 3 is 2.32 bits per heavy atom. The first kappa shape index (κ1) is 35.2. The van der Waals surface area contributed by atoms with Gasteiger partial charge in [-0.2, -0.15) is 13.2 Å². The summed E-state index contributed by atoms with van der Waals surface area (Å²) in [6.45, 7) is 12.0. The predicted octanol–water partition coefficient (Wildman–Crippen LogP) is 8.15. The lowest BCUT2D eigenvalue weighted by molar-refractivity contribution is -0.137. The molecule has 2 saturated heterocycles. The smallest absolute Gasteiger partial charge is 0.416 e. The number of nitrogens with one attached hydrogen (secondary N) is 2. The summed E-state index contributed by atoms with van der Waals surface area (Å²) >= 11 is 0. The molecule has 2 amide bonds. The van der Waals surface area contributed by atoms with Crippen molar-refractivity contribution in [2.75, 3.05) is 38.0 Å². The summed E-state index contributed by atoms with van der Waals surface area (Å²) in [6.07, 6.45) is -2.65. The molecular formula is C39H44F3N5O3. The van der Waals surface area contributed by atoms with Gasteiger partial charge in [0.2, 0.25) is 0 Å². The highest BCUT2D eigenvalue weighted by Crippen LogP contribution is 2.34. The van der Waals surface area contributed by atoms with E-state index in [1.54, 1.807) is 17.0 Å². The third kappa shape index (κ3) is 8.56. The molecule has 11 heteroatoms. The largest absolute Gasteiger partial charge is 0.444 e. The van der Waals surface area contributed by atoms with E-state index in [4.69, 9.17) is 9.72 Å². The van der Waals surface area contributed by atoms with Crippen LogP contribution in [0, 0.1) is 5.92 Å². The second kappa shape index (κ2) is 14.3. The summed E-state index contributed by atoms with van der Waals surface area (Å²) in [7, 11) is 0. The quantitative estimate of drug-likeness (QED) is 0.195. The molecule has 0 bridgehead atoms. The first-order valence-corrected chi connectivity index (χ1v) is 17.2. The van der Waals surface area contributed by atoms with Gasteiger partial charge >= 0.3 is 12.3 Å². The maximum Gasteiger partial charge on any atom is 0.416 e. The van der Waals surface area contributed by atoms with Crippen LogP contribution >= 0.6 is 0 Å². The molecule has 6 rings (SSSR count). The van der Waals surface area contributed by atoms with Gasteiger partial charge in [-0.05, 0) is 98.8 Å². The van der Waals surface area contributed by atoms with E-state index in [0.29, 0.717) is 23.1 Å². The van der Waals surface area contributed by atoms with Crippen molar-refractivity contribution in [3.63, 3.8) is 0 Å². The second-order valence-corrected chi connectivity index (χ2v) is 14.4. The highest BCUT2D eigenvalue weighted by molar-refractivity contribution is 6.02. The monoisotopic (exact) mass is 687 g/mol. The van der Waals surface area contributed by atoms with E-state index in [9.17, 15) is 22.8 Å². The molecule has 2 N–H and O–H groups in total. The molecule has 3 heterocycles. The van der Waals surface area contributed by atoms with E-state index in [1.807, 2.05) is 70.2 Å². The van der Waals surface area contributed by atoms with Crippen molar-refractivity contribution >= 4 is 28.6 Å². The van der Waals surface area contributed by atoms with Crippen LogP contribution in [0.4, 0.5) is 23.8 Å². The fourth-order valence-electron chi connectivity index (χ4n) is 6.64.